The molecule has 0 fully saturated rings. The van der Waals surface area contributed by atoms with Crippen LogP contribution in [-0.4, -0.2) is 32.0 Å². The molecular weight excluding hydrogens is 244 g/mol. The molecule has 16 heavy (non-hydrogen) atoms. The van der Waals surface area contributed by atoms with Crippen LogP contribution in [0.2, 0.25) is 0 Å². The fourth-order valence-electron chi connectivity index (χ4n) is 1.33. The zero-order valence-corrected chi connectivity index (χ0v) is 11.2. The molecule has 0 aliphatic carbocycles. The van der Waals surface area contributed by atoms with Crippen LogP contribution in [0.1, 0.15) is 10.4 Å². The van der Waals surface area contributed by atoms with Gasteiger partial charge in [-0.05, 0) is 18.4 Å². The number of thioether (sulfide) groups is 1. The lowest BCUT2D eigenvalue weighted by atomic mass is 10.1. The molecule has 1 rings (SSSR count). The maximum absolute atomic E-state index is 11.6. The van der Waals surface area contributed by atoms with Gasteiger partial charge in [0, 0.05) is 0 Å². The molecule has 1 aromatic rings. The minimum atomic E-state index is -0.0777. The number of carbonyl (C=O) groups is 1. The molecule has 1 aromatic carbocycles. The van der Waals surface area contributed by atoms with E-state index in [9.17, 15) is 4.79 Å². The van der Waals surface area contributed by atoms with Crippen molar-refractivity contribution in [1.82, 2.24) is 0 Å². The van der Waals surface area contributed by atoms with Gasteiger partial charge in [0.1, 0.15) is 11.5 Å². The second kappa shape index (κ2) is 6.06. The second-order valence-corrected chi connectivity index (χ2v) is 4.15. The van der Waals surface area contributed by atoms with E-state index >= 15 is 0 Å². The van der Waals surface area contributed by atoms with E-state index < -0.39 is 0 Å². The molecule has 88 valence electrons. The molecule has 0 aliphatic heterocycles. The van der Waals surface area contributed by atoms with Gasteiger partial charge in [-0.15, -0.1) is 11.8 Å². The fraction of sp³-hybridized carbons (Fsp3) is 0.364. The summed E-state index contributed by atoms with van der Waals surface area (Å²) in [6, 6.07) is 3.50. The van der Waals surface area contributed by atoms with Gasteiger partial charge >= 0.3 is 0 Å². The molecule has 0 N–H and O–H groups in total. The number of hydrogen-bond acceptors (Lipinski definition) is 5. The van der Waals surface area contributed by atoms with Crippen molar-refractivity contribution in [2.45, 2.75) is 4.90 Å². The molecule has 0 aliphatic rings. The summed E-state index contributed by atoms with van der Waals surface area (Å²) >= 11 is 5.52. The van der Waals surface area contributed by atoms with Crippen molar-refractivity contribution in [2.75, 3.05) is 26.2 Å². The standard InChI is InChI=1S/C11H14O3S2/c1-13-9-5-11(16-3)10(14-2)4-7(9)8(12)6-15/h4-5,15H,6H2,1-3H3. The SMILES string of the molecule is COc1cc(C(=O)CS)c(OC)cc1SC. The first-order chi connectivity index (χ1) is 7.67. The number of thiol groups is 1. The van der Waals surface area contributed by atoms with Gasteiger partial charge in [-0.3, -0.25) is 4.79 Å². The Morgan fingerprint density at radius 3 is 2.38 bits per heavy atom. The summed E-state index contributed by atoms with van der Waals surface area (Å²) < 4.78 is 10.4. The first-order valence-corrected chi connectivity index (χ1v) is 6.47. The summed E-state index contributed by atoms with van der Waals surface area (Å²) in [5.74, 6) is 1.31. The smallest absolute Gasteiger partial charge is 0.176 e. The number of carbonyl (C=O) groups excluding carboxylic acids is 1. The maximum atomic E-state index is 11.6. The molecule has 0 heterocycles. The lowest BCUT2D eigenvalue weighted by molar-refractivity contribution is 0.101. The molecule has 0 amide bonds. The quantitative estimate of drug-likeness (QED) is 0.500. The zero-order valence-electron chi connectivity index (χ0n) is 9.44. The highest BCUT2D eigenvalue weighted by atomic mass is 32.2. The molecule has 0 unspecified atom stereocenters. The molecule has 0 saturated carbocycles. The highest BCUT2D eigenvalue weighted by Gasteiger charge is 2.15. The maximum Gasteiger partial charge on any atom is 0.176 e. The first kappa shape index (κ1) is 13.3. The number of rotatable bonds is 5. The number of hydrogen-bond donors (Lipinski definition) is 1. The Labute approximate surface area is 105 Å². The van der Waals surface area contributed by atoms with Gasteiger partial charge in [-0.2, -0.15) is 12.6 Å². The van der Waals surface area contributed by atoms with Crippen LogP contribution in [0, 0.1) is 0 Å². The Balaban J connectivity index is 3.31. The average Bonchev–Trinajstić information content (AvgIpc) is 2.35. The molecule has 0 atom stereocenters. The van der Waals surface area contributed by atoms with Gasteiger partial charge in [0.25, 0.3) is 0 Å². The van der Waals surface area contributed by atoms with E-state index in [1.54, 1.807) is 38.1 Å². The highest BCUT2D eigenvalue weighted by molar-refractivity contribution is 7.98. The van der Waals surface area contributed by atoms with E-state index in [0.717, 1.165) is 4.90 Å². The van der Waals surface area contributed by atoms with Gasteiger partial charge in [0.2, 0.25) is 0 Å². The van der Waals surface area contributed by atoms with Crippen molar-refractivity contribution in [1.29, 1.82) is 0 Å². The fourth-order valence-corrected chi connectivity index (χ4v) is 2.07. The number of Topliss-reactive ketones (excluding diaryl/α,β-unsaturated/α-hetero) is 1. The molecule has 0 spiro atoms. The van der Waals surface area contributed by atoms with Crippen molar-refractivity contribution in [3.8, 4) is 11.5 Å². The number of methoxy groups -OCH3 is 2. The van der Waals surface area contributed by atoms with E-state index in [1.807, 2.05) is 6.26 Å². The van der Waals surface area contributed by atoms with E-state index in [-0.39, 0.29) is 11.5 Å². The Morgan fingerprint density at radius 2 is 1.94 bits per heavy atom. The van der Waals surface area contributed by atoms with Crippen molar-refractivity contribution in [3.05, 3.63) is 17.7 Å². The topological polar surface area (TPSA) is 35.5 Å². The summed E-state index contributed by atoms with van der Waals surface area (Å²) in [5.41, 5.74) is 0.507. The Bertz CT molecular complexity index is 391. The van der Waals surface area contributed by atoms with Crippen molar-refractivity contribution >= 4 is 30.2 Å². The van der Waals surface area contributed by atoms with Gasteiger partial charge in [-0.25, -0.2) is 0 Å². The molecule has 3 nitrogen and oxygen atoms in total. The van der Waals surface area contributed by atoms with E-state index in [0.29, 0.717) is 17.1 Å². The number of ketones is 1. The molecule has 0 radical (unpaired) electrons. The lowest BCUT2D eigenvalue weighted by Crippen LogP contribution is -2.04. The third-order valence-electron chi connectivity index (χ3n) is 2.15. The lowest BCUT2D eigenvalue weighted by Gasteiger charge is -2.12. The van der Waals surface area contributed by atoms with Crippen molar-refractivity contribution in [3.63, 3.8) is 0 Å². The highest BCUT2D eigenvalue weighted by Crippen LogP contribution is 2.34. The Hall–Kier alpha value is -0.810. The normalized spacial score (nSPS) is 10.0. The van der Waals surface area contributed by atoms with Crippen LogP contribution in [0.5, 0.6) is 11.5 Å². The number of benzene rings is 1. The molecule has 5 heteroatoms. The largest absolute Gasteiger partial charge is 0.496 e. The minimum absolute atomic E-state index is 0.0777. The predicted octanol–water partition coefficient (Wildman–Crippen LogP) is 2.54. The summed E-state index contributed by atoms with van der Waals surface area (Å²) in [7, 11) is 3.12. The van der Waals surface area contributed by atoms with Crippen LogP contribution >= 0.6 is 24.4 Å². The summed E-state index contributed by atoms with van der Waals surface area (Å²) in [6.45, 7) is 0. The second-order valence-electron chi connectivity index (χ2n) is 2.99. The molecule has 0 saturated heterocycles. The van der Waals surface area contributed by atoms with Crippen molar-refractivity contribution in [2.24, 2.45) is 0 Å². The summed E-state index contributed by atoms with van der Waals surface area (Å²) in [4.78, 5) is 12.6. The number of ether oxygens (including phenoxy) is 2. The van der Waals surface area contributed by atoms with Crippen LogP contribution < -0.4 is 9.47 Å². The van der Waals surface area contributed by atoms with Gasteiger partial charge in [0.15, 0.2) is 5.78 Å². The first-order valence-electron chi connectivity index (χ1n) is 4.62. The summed E-state index contributed by atoms with van der Waals surface area (Å²) in [5, 5.41) is 0. The van der Waals surface area contributed by atoms with Crippen LogP contribution in [0.3, 0.4) is 0 Å². The molecular formula is C11H14O3S2. The van der Waals surface area contributed by atoms with E-state index in [1.165, 1.54) is 0 Å². The van der Waals surface area contributed by atoms with E-state index in [2.05, 4.69) is 12.6 Å². The van der Waals surface area contributed by atoms with Crippen LogP contribution in [0.15, 0.2) is 17.0 Å². The Kier molecular flexibility index (Phi) is 5.02. The zero-order chi connectivity index (χ0) is 12.1. The van der Waals surface area contributed by atoms with E-state index in [4.69, 9.17) is 9.47 Å². The third kappa shape index (κ3) is 2.65. The average molecular weight is 258 g/mol. The van der Waals surface area contributed by atoms with Crippen LogP contribution in [-0.2, 0) is 0 Å². The minimum Gasteiger partial charge on any atom is -0.496 e. The summed E-state index contributed by atoms with van der Waals surface area (Å²) in [6.07, 6.45) is 1.94. The van der Waals surface area contributed by atoms with Gasteiger partial charge in [-0.1, -0.05) is 0 Å². The molecule has 0 bridgehead atoms. The van der Waals surface area contributed by atoms with Gasteiger partial charge in [0.05, 0.1) is 30.4 Å². The van der Waals surface area contributed by atoms with Crippen LogP contribution in [0.25, 0.3) is 0 Å². The van der Waals surface area contributed by atoms with Gasteiger partial charge < -0.3 is 9.47 Å². The molecule has 0 aromatic heterocycles. The Morgan fingerprint density at radius 1 is 1.31 bits per heavy atom. The third-order valence-corrected chi connectivity index (χ3v) is 3.20. The predicted molar refractivity (Wildman–Crippen MR) is 69.5 cm³/mol. The van der Waals surface area contributed by atoms with Crippen LogP contribution in [0.4, 0.5) is 0 Å². The monoisotopic (exact) mass is 258 g/mol. The van der Waals surface area contributed by atoms with Crippen molar-refractivity contribution < 1.29 is 14.3 Å².